The molecule has 0 spiro atoms. The van der Waals surface area contributed by atoms with Crippen LogP contribution in [0.4, 0.5) is 5.13 Å². The maximum atomic E-state index is 12.6. The number of hydrogen-bond acceptors (Lipinski definition) is 6. The molecular formula is C19H25N3O3S. The molecule has 1 aliphatic heterocycles. The normalized spacial score (nSPS) is 15.3. The Bertz CT molecular complexity index is 786. The average molecular weight is 375 g/mol. The molecule has 2 heterocycles. The molecule has 0 radical (unpaired) electrons. The van der Waals surface area contributed by atoms with Gasteiger partial charge < -0.3 is 14.5 Å². The summed E-state index contributed by atoms with van der Waals surface area (Å²) in [6.45, 7) is 5.64. The Labute approximate surface area is 157 Å². The number of benzene rings is 1. The van der Waals surface area contributed by atoms with E-state index >= 15 is 0 Å². The van der Waals surface area contributed by atoms with Gasteiger partial charge in [-0.15, -0.1) is 0 Å². The number of aryl methyl sites for hydroxylation is 2. The Morgan fingerprint density at radius 3 is 2.54 bits per heavy atom. The highest BCUT2D eigenvalue weighted by Gasteiger charge is 2.28. The van der Waals surface area contributed by atoms with E-state index in [1.165, 1.54) is 17.4 Å². The minimum absolute atomic E-state index is 0.0727. The van der Waals surface area contributed by atoms with Crippen LogP contribution in [0.5, 0.6) is 0 Å². The SMILES string of the molecule is COC(=O)C1CCN(C(=O)CN(C)c2nc3c(C)ccc(C)c3s2)CC1. The first-order valence-corrected chi connectivity index (χ1v) is 9.66. The molecule has 0 saturated carbocycles. The van der Waals surface area contributed by atoms with Crippen LogP contribution in [0.1, 0.15) is 24.0 Å². The molecule has 0 aliphatic carbocycles. The summed E-state index contributed by atoms with van der Waals surface area (Å²) in [6, 6.07) is 4.19. The summed E-state index contributed by atoms with van der Waals surface area (Å²) >= 11 is 1.62. The monoisotopic (exact) mass is 375 g/mol. The zero-order valence-corrected chi connectivity index (χ0v) is 16.6. The average Bonchev–Trinajstić information content (AvgIpc) is 3.11. The molecule has 1 fully saturated rings. The summed E-state index contributed by atoms with van der Waals surface area (Å²) < 4.78 is 5.98. The van der Waals surface area contributed by atoms with Crippen molar-refractivity contribution in [3.63, 3.8) is 0 Å². The fraction of sp³-hybridized carbons (Fsp3) is 0.526. The second kappa shape index (κ2) is 7.61. The zero-order chi connectivity index (χ0) is 18.8. The van der Waals surface area contributed by atoms with Gasteiger partial charge in [0.1, 0.15) is 0 Å². The summed E-state index contributed by atoms with van der Waals surface area (Å²) in [6.07, 6.45) is 1.34. The van der Waals surface area contributed by atoms with Gasteiger partial charge in [-0.25, -0.2) is 4.98 Å². The standard InChI is InChI=1S/C19H25N3O3S/c1-12-5-6-13(2)17-16(12)20-19(26-17)21(3)11-15(23)22-9-7-14(8-10-22)18(24)25-4/h5-6,14H,7-11H2,1-4H3. The first-order valence-electron chi connectivity index (χ1n) is 8.84. The molecule has 0 unspecified atom stereocenters. The number of ether oxygens (including phenoxy) is 1. The van der Waals surface area contributed by atoms with Gasteiger partial charge in [-0.05, 0) is 37.8 Å². The van der Waals surface area contributed by atoms with E-state index in [0.717, 1.165) is 16.2 Å². The van der Waals surface area contributed by atoms with Crippen LogP contribution >= 0.6 is 11.3 Å². The Hall–Kier alpha value is -2.15. The number of anilines is 1. The lowest BCUT2D eigenvalue weighted by atomic mass is 9.97. The number of nitrogens with zero attached hydrogens (tertiary/aromatic N) is 3. The van der Waals surface area contributed by atoms with Crippen molar-refractivity contribution >= 4 is 38.6 Å². The first-order chi connectivity index (χ1) is 12.4. The fourth-order valence-corrected chi connectivity index (χ4v) is 4.39. The topological polar surface area (TPSA) is 62.7 Å². The summed E-state index contributed by atoms with van der Waals surface area (Å²) in [5.74, 6) is -0.185. The van der Waals surface area contributed by atoms with Crippen molar-refractivity contribution in [3.8, 4) is 0 Å². The van der Waals surface area contributed by atoms with Gasteiger partial charge in [0.2, 0.25) is 5.91 Å². The molecule has 2 aromatic rings. The van der Waals surface area contributed by atoms with E-state index in [2.05, 4.69) is 26.0 Å². The fourth-order valence-electron chi connectivity index (χ4n) is 3.31. The molecule has 1 aromatic carbocycles. The number of aromatic nitrogens is 1. The van der Waals surface area contributed by atoms with E-state index < -0.39 is 0 Å². The number of likely N-dealkylation sites (N-methyl/N-ethyl adjacent to an activating group) is 1. The van der Waals surface area contributed by atoms with Crippen LogP contribution in [0, 0.1) is 19.8 Å². The maximum Gasteiger partial charge on any atom is 0.308 e. The van der Waals surface area contributed by atoms with Gasteiger partial charge in [-0.3, -0.25) is 9.59 Å². The van der Waals surface area contributed by atoms with Gasteiger partial charge in [0, 0.05) is 20.1 Å². The number of rotatable bonds is 4. The van der Waals surface area contributed by atoms with Gasteiger partial charge in [-0.2, -0.15) is 0 Å². The predicted molar refractivity (Wildman–Crippen MR) is 104 cm³/mol. The molecule has 0 bridgehead atoms. The second-order valence-electron chi connectivity index (χ2n) is 6.91. The summed E-state index contributed by atoms with van der Waals surface area (Å²) in [7, 11) is 3.32. The number of likely N-dealkylation sites (tertiary alicyclic amines) is 1. The molecule has 140 valence electrons. The highest BCUT2D eigenvalue weighted by atomic mass is 32.1. The van der Waals surface area contributed by atoms with Gasteiger partial charge in [0.25, 0.3) is 0 Å². The third-order valence-corrected chi connectivity index (χ3v) is 6.32. The number of amides is 1. The summed E-state index contributed by atoms with van der Waals surface area (Å²) in [4.78, 5) is 32.7. The van der Waals surface area contributed by atoms with Crippen LogP contribution in [0.2, 0.25) is 0 Å². The molecular weight excluding hydrogens is 350 g/mol. The van der Waals surface area contributed by atoms with Gasteiger partial charge in [-0.1, -0.05) is 23.5 Å². The molecule has 26 heavy (non-hydrogen) atoms. The quantitative estimate of drug-likeness (QED) is 0.769. The van der Waals surface area contributed by atoms with Crippen molar-refractivity contribution in [2.24, 2.45) is 5.92 Å². The third kappa shape index (κ3) is 3.67. The van der Waals surface area contributed by atoms with Crippen molar-refractivity contribution in [1.82, 2.24) is 9.88 Å². The van der Waals surface area contributed by atoms with E-state index in [9.17, 15) is 9.59 Å². The number of carbonyl (C=O) groups excluding carboxylic acids is 2. The van der Waals surface area contributed by atoms with E-state index in [1.54, 1.807) is 11.3 Å². The molecule has 3 rings (SSSR count). The van der Waals surface area contributed by atoms with Crippen LogP contribution in [0.25, 0.3) is 10.2 Å². The molecule has 6 nitrogen and oxygen atoms in total. The number of carbonyl (C=O) groups is 2. The number of methoxy groups -OCH3 is 1. The highest BCUT2D eigenvalue weighted by molar-refractivity contribution is 7.22. The smallest absolute Gasteiger partial charge is 0.308 e. The van der Waals surface area contributed by atoms with E-state index in [-0.39, 0.29) is 17.8 Å². The van der Waals surface area contributed by atoms with Gasteiger partial charge >= 0.3 is 5.97 Å². The lowest BCUT2D eigenvalue weighted by Gasteiger charge is -2.31. The molecule has 1 aliphatic rings. The van der Waals surface area contributed by atoms with E-state index in [0.29, 0.717) is 32.5 Å². The zero-order valence-electron chi connectivity index (χ0n) is 15.7. The second-order valence-corrected chi connectivity index (χ2v) is 7.89. The van der Waals surface area contributed by atoms with Gasteiger partial charge in [0.05, 0.1) is 29.8 Å². The van der Waals surface area contributed by atoms with Crippen LogP contribution in [-0.4, -0.2) is 55.6 Å². The molecule has 7 heteroatoms. The maximum absolute atomic E-state index is 12.6. The number of thiazole rings is 1. The molecule has 0 N–H and O–H groups in total. The lowest BCUT2D eigenvalue weighted by molar-refractivity contribution is -0.148. The van der Waals surface area contributed by atoms with E-state index in [4.69, 9.17) is 9.72 Å². The van der Waals surface area contributed by atoms with Gasteiger partial charge in [0.15, 0.2) is 5.13 Å². The Morgan fingerprint density at radius 1 is 1.27 bits per heavy atom. The number of piperidine rings is 1. The number of fused-ring (bicyclic) bond motifs is 1. The first kappa shape index (κ1) is 18.6. The largest absolute Gasteiger partial charge is 0.469 e. The molecule has 1 amide bonds. The molecule has 1 aromatic heterocycles. The number of hydrogen-bond donors (Lipinski definition) is 0. The Balaban J connectivity index is 1.64. The van der Waals surface area contributed by atoms with Crippen molar-refractivity contribution in [2.75, 3.05) is 38.7 Å². The minimum Gasteiger partial charge on any atom is -0.469 e. The molecule has 1 saturated heterocycles. The van der Waals surface area contributed by atoms with Crippen LogP contribution in [0.3, 0.4) is 0 Å². The lowest BCUT2D eigenvalue weighted by Crippen LogP contribution is -2.44. The minimum atomic E-state index is -0.172. The van der Waals surface area contributed by atoms with Crippen molar-refractivity contribution in [1.29, 1.82) is 0 Å². The summed E-state index contributed by atoms with van der Waals surface area (Å²) in [5.41, 5.74) is 3.37. The van der Waals surface area contributed by atoms with Crippen LogP contribution in [-0.2, 0) is 14.3 Å². The third-order valence-electron chi connectivity index (χ3n) is 5.01. The molecule has 0 atom stereocenters. The van der Waals surface area contributed by atoms with Crippen LogP contribution in [0.15, 0.2) is 12.1 Å². The van der Waals surface area contributed by atoms with Crippen molar-refractivity contribution < 1.29 is 14.3 Å². The Morgan fingerprint density at radius 2 is 1.92 bits per heavy atom. The Kier molecular flexibility index (Phi) is 5.46. The van der Waals surface area contributed by atoms with E-state index in [1.807, 2.05) is 16.8 Å². The number of esters is 1. The predicted octanol–water partition coefficient (Wildman–Crippen LogP) is 2.76. The van der Waals surface area contributed by atoms with Crippen LogP contribution < -0.4 is 4.90 Å². The van der Waals surface area contributed by atoms with Crippen molar-refractivity contribution in [3.05, 3.63) is 23.3 Å². The van der Waals surface area contributed by atoms with Crippen molar-refractivity contribution in [2.45, 2.75) is 26.7 Å². The highest BCUT2D eigenvalue weighted by Crippen LogP contribution is 2.32. The summed E-state index contributed by atoms with van der Waals surface area (Å²) in [5, 5.41) is 0.857.